The van der Waals surface area contributed by atoms with E-state index in [1.807, 2.05) is 23.5 Å². The Morgan fingerprint density at radius 1 is 0.529 bits per heavy atom. The number of anilines is 3. The molecule has 2 heterocycles. The molecule has 0 saturated heterocycles. The van der Waals surface area contributed by atoms with Gasteiger partial charge in [-0.25, -0.2) is 0 Å². The minimum absolute atomic E-state index is 0.815. The maximum atomic E-state index is 6.53. The predicted octanol–water partition coefficient (Wildman–Crippen LogP) is 10.5. The molecule has 0 bridgehead atoms. The monoisotopic (exact) mass is 491 g/mol. The number of rotatable bonds is 3. The fourth-order valence-corrected chi connectivity index (χ4v) is 7.34. The summed E-state index contributed by atoms with van der Waals surface area (Å²) in [6.45, 7) is 0. The zero-order chi connectivity index (χ0) is 22.6. The van der Waals surface area contributed by atoms with Gasteiger partial charge in [0.15, 0.2) is 0 Å². The number of hydrogen-bond donors (Lipinski definition) is 0. The second-order valence-corrected chi connectivity index (χ2v) is 10.9. The summed E-state index contributed by atoms with van der Waals surface area (Å²) in [4.78, 5) is 2.38. The number of benzene rings is 5. The van der Waals surface area contributed by atoms with Gasteiger partial charge in [-0.3, -0.25) is 0 Å². The lowest BCUT2D eigenvalue weighted by Crippen LogP contribution is -2.10. The summed E-state index contributed by atoms with van der Waals surface area (Å²) in [6, 6.07) is 38.9. The van der Waals surface area contributed by atoms with Crippen LogP contribution < -0.4 is 4.90 Å². The Kier molecular flexibility index (Phi) is 4.63. The number of hydrogen-bond acceptors (Lipinski definition) is 3. The van der Waals surface area contributed by atoms with Crippen LogP contribution in [0, 0.1) is 0 Å². The number of halogens is 1. The first-order valence-corrected chi connectivity index (χ1v) is 13.2. The first-order chi connectivity index (χ1) is 16.8. The molecule has 2 aromatic heterocycles. The highest BCUT2D eigenvalue weighted by atomic mass is 35.5. The van der Waals surface area contributed by atoms with Crippen LogP contribution >= 0.6 is 34.3 Å². The fourth-order valence-electron chi connectivity index (χ4n) is 4.84. The van der Waals surface area contributed by atoms with Gasteiger partial charge in [0.25, 0.3) is 0 Å². The Morgan fingerprint density at radius 3 is 2.18 bits per heavy atom. The van der Waals surface area contributed by atoms with E-state index in [4.69, 9.17) is 11.6 Å². The lowest BCUT2D eigenvalue weighted by Gasteiger charge is -2.26. The van der Waals surface area contributed by atoms with E-state index in [9.17, 15) is 0 Å². The first kappa shape index (κ1) is 20.0. The van der Waals surface area contributed by atoms with Crippen molar-refractivity contribution >= 4 is 91.7 Å². The summed E-state index contributed by atoms with van der Waals surface area (Å²) in [5, 5.41) is 5.86. The molecule has 0 saturated carbocycles. The van der Waals surface area contributed by atoms with Crippen LogP contribution in [0.5, 0.6) is 0 Å². The van der Waals surface area contributed by atoms with Gasteiger partial charge in [0.2, 0.25) is 0 Å². The Morgan fingerprint density at radius 2 is 1.26 bits per heavy atom. The molecule has 7 aromatic rings. The summed E-state index contributed by atoms with van der Waals surface area (Å²) in [6.07, 6.45) is 0. The van der Waals surface area contributed by atoms with E-state index >= 15 is 0 Å². The molecule has 0 fully saturated rings. The van der Waals surface area contributed by atoms with Gasteiger partial charge in [-0.05, 0) is 54.6 Å². The SMILES string of the molecule is Clc1cccc2c1sc1ccc(N(c3ccccc3)c3cccc4sc5ccccc5c34)cc12. The number of thiophene rings is 2. The number of para-hydroxylation sites is 1. The summed E-state index contributed by atoms with van der Waals surface area (Å²) in [7, 11) is 0. The normalized spacial score (nSPS) is 11.7. The average molecular weight is 492 g/mol. The van der Waals surface area contributed by atoms with E-state index in [1.165, 1.54) is 41.3 Å². The molecule has 0 unspecified atom stereocenters. The summed E-state index contributed by atoms with van der Waals surface area (Å²) in [5.74, 6) is 0. The van der Waals surface area contributed by atoms with Gasteiger partial charge in [0.05, 0.1) is 15.4 Å². The molecule has 0 atom stereocenters. The molecule has 34 heavy (non-hydrogen) atoms. The number of fused-ring (bicyclic) bond motifs is 6. The Hall–Kier alpha value is -3.37. The van der Waals surface area contributed by atoms with Gasteiger partial charge in [0, 0.05) is 47.0 Å². The molecule has 0 aliphatic heterocycles. The molecule has 0 radical (unpaired) electrons. The van der Waals surface area contributed by atoms with Gasteiger partial charge < -0.3 is 4.90 Å². The molecule has 0 spiro atoms. The minimum Gasteiger partial charge on any atom is -0.310 e. The molecule has 4 heteroatoms. The molecule has 5 aromatic carbocycles. The van der Waals surface area contributed by atoms with Gasteiger partial charge in [-0.15, -0.1) is 22.7 Å². The average Bonchev–Trinajstić information content (AvgIpc) is 3.44. The standard InChI is InChI=1S/C30H18ClNS2/c31-24-12-6-11-21-23-18-20(16-17-27(23)34-30(21)24)32(19-8-2-1-3-9-19)25-13-7-15-28-29(25)22-10-4-5-14-26(22)33-28/h1-18H. The van der Waals surface area contributed by atoms with Crippen LogP contribution in [0.15, 0.2) is 109 Å². The maximum Gasteiger partial charge on any atom is 0.0584 e. The van der Waals surface area contributed by atoms with Crippen molar-refractivity contribution in [1.82, 2.24) is 0 Å². The summed E-state index contributed by atoms with van der Waals surface area (Å²) in [5.41, 5.74) is 3.47. The minimum atomic E-state index is 0.815. The first-order valence-electron chi connectivity index (χ1n) is 11.1. The van der Waals surface area contributed by atoms with Crippen molar-refractivity contribution in [2.24, 2.45) is 0 Å². The van der Waals surface area contributed by atoms with Gasteiger partial charge in [-0.2, -0.15) is 0 Å². The summed E-state index contributed by atoms with van der Waals surface area (Å²) < 4.78 is 5.01. The topological polar surface area (TPSA) is 3.24 Å². The molecule has 0 aliphatic rings. The van der Waals surface area contributed by atoms with Gasteiger partial charge in [0.1, 0.15) is 0 Å². The van der Waals surface area contributed by atoms with Crippen LogP contribution in [0.2, 0.25) is 5.02 Å². The molecule has 1 nitrogen and oxygen atoms in total. The van der Waals surface area contributed by atoms with Crippen LogP contribution in [0.1, 0.15) is 0 Å². The van der Waals surface area contributed by atoms with Crippen molar-refractivity contribution in [3.8, 4) is 0 Å². The quantitative estimate of drug-likeness (QED) is 0.237. The lowest BCUT2D eigenvalue weighted by molar-refractivity contribution is 1.31. The van der Waals surface area contributed by atoms with Crippen LogP contribution in [0.4, 0.5) is 17.1 Å². The van der Waals surface area contributed by atoms with Crippen molar-refractivity contribution in [1.29, 1.82) is 0 Å². The third-order valence-corrected chi connectivity index (χ3v) is 9.11. The smallest absolute Gasteiger partial charge is 0.0584 e. The van der Waals surface area contributed by atoms with Crippen LogP contribution in [0.25, 0.3) is 40.3 Å². The van der Waals surface area contributed by atoms with E-state index in [0.717, 1.165) is 21.1 Å². The maximum absolute atomic E-state index is 6.53. The summed E-state index contributed by atoms with van der Waals surface area (Å²) >= 11 is 10.1. The Balaban J connectivity index is 1.55. The molecule has 0 N–H and O–H groups in total. The van der Waals surface area contributed by atoms with E-state index in [-0.39, 0.29) is 0 Å². The van der Waals surface area contributed by atoms with Crippen LogP contribution in [0.3, 0.4) is 0 Å². The second kappa shape index (κ2) is 7.85. The van der Waals surface area contributed by atoms with Crippen molar-refractivity contribution in [3.63, 3.8) is 0 Å². The molecule has 0 amide bonds. The van der Waals surface area contributed by atoms with Crippen molar-refractivity contribution in [2.75, 3.05) is 4.90 Å². The van der Waals surface area contributed by atoms with E-state index in [0.29, 0.717) is 0 Å². The molecular weight excluding hydrogens is 474 g/mol. The van der Waals surface area contributed by atoms with Crippen molar-refractivity contribution < 1.29 is 0 Å². The second-order valence-electron chi connectivity index (χ2n) is 8.32. The highest BCUT2D eigenvalue weighted by Gasteiger charge is 2.19. The van der Waals surface area contributed by atoms with Gasteiger partial charge >= 0.3 is 0 Å². The molecular formula is C30H18ClNS2. The van der Waals surface area contributed by atoms with Crippen molar-refractivity contribution in [3.05, 3.63) is 114 Å². The largest absolute Gasteiger partial charge is 0.310 e. The Bertz CT molecular complexity index is 1830. The highest BCUT2D eigenvalue weighted by molar-refractivity contribution is 7.26. The third-order valence-electron chi connectivity index (χ3n) is 6.33. The fraction of sp³-hybridized carbons (Fsp3) is 0. The predicted molar refractivity (Wildman–Crippen MR) is 152 cm³/mol. The van der Waals surface area contributed by atoms with Crippen LogP contribution in [-0.2, 0) is 0 Å². The Labute approximate surface area is 210 Å². The van der Waals surface area contributed by atoms with Gasteiger partial charge in [-0.1, -0.05) is 66.2 Å². The molecule has 0 aliphatic carbocycles. The highest BCUT2D eigenvalue weighted by Crippen LogP contribution is 2.46. The van der Waals surface area contributed by atoms with Crippen molar-refractivity contribution in [2.45, 2.75) is 0 Å². The van der Waals surface area contributed by atoms with Crippen LogP contribution in [-0.4, -0.2) is 0 Å². The van der Waals surface area contributed by atoms with E-state index in [1.54, 1.807) is 11.3 Å². The third kappa shape index (κ3) is 3.05. The number of nitrogens with zero attached hydrogens (tertiary/aromatic N) is 1. The van der Waals surface area contributed by atoms with E-state index < -0.39 is 0 Å². The molecule has 7 rings (SSSR count). The lowest BCUT2D eigenvalue weighted by atomic mass is 10.1. The zero-order valence-corrected chi connectivity index (χ0v) is 20.4. The molecule has 162 valence electrons. The zero-order valence-electron chi connectivity index (χ0n) is 18.0. The van der Waals surface area contributed by atoms with E-state index in [2.05, 4.69) is 102 Å².